The third-order valence-electron chi connectivity index (χ3n) is 4.19. The summed E-state index contributed by atoms with van der Waals surface area (Å²) in [5.74, 6) is -0.208. The molecule has 0 saturated carbocycles. The molecular weight excluding hydrogens is 350 g/mol. The van der Waals surface area contributed by atoms with Gasteiger partial charge in [-0.3, -0.25) is 25.2 Å². The second-order valence-electron chi connectivity index (χ2n) is 6.76. The summed E-state index contributed by atoms with van der Waals surface area (Å²) in [5.41, 5.74) is 1.34. The number of non-ortho nitro benzene ring substituents is 1. The monoisotopic (exact) mass is 371 g/mol. The van der Waals surface area contributed by atoms with Crippen molar-refractivity contribution >= 4 is 23.3 Å². The Hall–Kier alpha value is -3.29. The molecule has 0 bridgehead atoms. The minimum atomic E-state index is -0.793. The lowest BCUT2D eigenvalue weighted by molar-refractivity contribution is -0.394. The van der Waals surface area contributed by atoms with Gasteiger partial charge in [-0.2, -0.15) is 0 Å². The predicted octanol–water partition coefficient (Wildman–Crippen LogP) is 5.21. The second-order valence-corrected chi connectivity index (χ2v) is 6.76. The van der Waals surface area contributed by atoms with Crippen molar-refractivity contribution in [1.82, 2.24) is 0 Å². The fourth-order valence-corrected chi connectivity index (χ4v) is 2.79. The highest BCUT2D eigenvalue weighted by Crippen LogP contribution is 2.36. The Labute approximate surface area is 156 Å². The second kappa shape index (κ2) is 7.94. The maximum absolute atomic E-state index is 11.3. The molecule has 1 N–H and O–H groups in total. The number of rotatable bonds is 6. The van der Waals surface area contributed by atoms with Crippen molar-refractivity contribution in [2.45, 2.75) is 39.5 Å². The molecule has 0 aliphatic rings. The standard InChI is InChI=1S/C19H21N3O5/c1-11(2)14-6-5-7-15(12(3)4)19(14)20-10-16-17(22(26)27)8-13(21(24)25)9-18(16)23/h5-12,23H,1-4H3. The number of nitro groups is 2. The van der Waals surface area contributed by atoms with Crippen molar-refractivity contribution in [1.29, 1.82) is 0 Å². The number of nitrogens with zero attached hydrogens (tertiary/aromatic N) is 3. The van der Waals surface area contributed by atoms with Crippen LogP contribution >= 0.6 is 0 Å². The number of hydrogen-bond donors (Lipinski definition) is 1. The van der Waals surface area contributed by atoms with Crippen LogP contribution in [0.5, 0.6) is 5.75 Å². The Morgan fingerprint density at radius 3 is 2.00 bits per heavy atom. The van der Waals surface area contributed by atoms with Gasteiger partial charge in [-0.1, -0.05) is 45.9 Å². The number of nitro benzene ring substituents is 2. The highest BCUT2D eigenvalue weighted by molar-refractivity contribution is 5.91. The van der Waals surface area contributed by atoms with Gasteiger partial charge in [0.05, 0.1) is 27.7 Å². The van der Waals surface area contributed by atoms with Crippen LogP contribution in [0, 0.1) is 20.2 Å². The van der Waals surface area contributed by atoms with Crippen molar-refractivity contribution < 1.29 is 15.0 Å². The first-order chi connectivity index (χ1) is 12.6. The van der Waals surface area contributed by atoms with Gasteiger partial charge in [0.2, 0.25) is 0 Å². The van der Waals surface area contributed by atoms with Crippen LogP contribution in [0.3, 0.4) is 0 Å². The van der Waals surface area contributed by atoms with Gasteiger partial charge in [-0.15, -0.1) is 0 Å². The molecule has 0 unspecified atom stereocenters. The van der Waals surface area contributed by atoms with Crippen LogP contribution in [0.15, 0.2) is 35.3 Å². The first-order valence-electron chi connectivity index (χ1n) is 8.46. The molecule has 0 saturated heterocycles. The number of benzene rings is 2. The summed E-state index contributed by atoms with van der Waals surface area (Å²) in [6, 6.07) is 7.51. The summed E-state index contributed by atoms with van der Waals surface area (Å²) in [7, 11) is 0. The lowest BCUT2D eigenvalue weighted by Crippen LogP contribution is -1.99. The maximum atomic E-state index is 11.3. The predicted molar refractivity (Wildman–Crippen MR) is 103 cm³/mol. The zero-order chi connectivity index (χ0) is 20.3. The first kappa shape index (κ1) is 20.0. The largest absolute Gasteiger partial charge is 0.507 e. The van der Waals surface area contributed by atoms with E-state index in [9.17, 15) is 25.3 Å². The smallest absolute Gasteiger partial charge is 0.288 e. The minimum Gasteiger partial charge on any atom is -0.507 e. The van der Waals surface area contributed by atoms with Gasteiger partial charge in [-0.25, -0.2) is 0 Å². The summed E-state index contributed by atoms with van der Waals surface area (Å²) in [6.45, 7) is 8.07. The summed E-state index contributed by atoms with van der Waals surface area (Å²) in [5, 5.41) is 32.3. The van der Waals surface area contributed by atoms with Gasteiger partial charge < -0.3 is 5.11 Å². The van der Waals surface area contributed by atoms with E-state index in [1.165, 1.54) is 6.21 Å². The Balaban J connectivity index is 2.66. The van der Waals surface area contributed by atoms with Crippen LogP contribution in [-0.2, 0) is 0 Å². The van der Waals surface area contributed by atoms with Crippen molar-refractivity contribution in [2.75, 3.05) is 0 Å². The van der Waals surface area contributed by atoms with Crippen LogP contribution in [0.25, 0.3) is 0 Å². The molecule has 27 heavy (non-hydrogen) atoms. The highest BCUT2D eigenvalue weighted by atomic mass is 16.6. The number of aromatic hydroxyl groups is 1. The van der Waals surface area contributed by atoms with Gasteiger partial charge in [0.15, 0.2) is 0 Å². The van der Waals surface area contributed by atoms with Crippen LogP contribution < -0.4 is 0 Å². The van der Waals surface area contributed by atoms with Crippen LogP contribution in [0.2, 0.25) is 0 Å². The van der Waals surface area contributed by atoms with Crippen LogP contribution in [0.1, 0.15) is 56.2 Å². The molecule has 0 heterocycles. The first-order valence-corrected chi connectivity index (χ1v) is 8.46. The fourth-order valence-electron chi connectivity index (χ4n) is 2.79. The lowest BCUT2D eigenvalue weighted by Gasteiger charge is -2.16. The lowest BCUT2D eigenvalue weighted by atomic mass is 9.93. The fraction of sp³-hybridized carbons (Fsp3) is 0.316. The molecule has 2 aromatic rings. The summed E-state index contributed by atoms with van der Waals surface area (Å²) in [6.07, 6.45) is 1.20. The van der Waals surface area contributed by atoms with E-state index in [0.29, 0.717) is 5.69 Å². The van der Waals surface area contributed by atoms with E-state index in [-0.39, 0.29) is 17.4 Å². The molecule has 0 aliphatic heterocycles. The number of hydrogen-bond acceptors (Lipinski definition) is 6. The normalized spacial score (nSPS) is 11.5. The van der Waals surface area contributed by atoms with Gasteiger partial charge in [-0.05, 0) is 23.0 Å². The van der Waals surface area contributed by atoms with Crippen molar-refractivity contribution in [2.24, 2.45) is 4.99 Å². The third kappa shape index (κ3) is 4.28. The Kier molecular flexibility index (Phi) is 5.89. The highest BCUT2D eigenvalue weighted by Gasteiger charge is 2.23. The molecule has 2 rings (SSSR count). The molecule has 142 valence electrons. The minimum absolute atomic E-state index is 0.168. The van der Waals surface area contributed by atoms with Gasteiger partial charge >= 0.3 is 0 Å². The summed E-state index contributed by atoms with van der Waals surface area (Å²) in [4.78, 5) is 25.1. The average Bonchev–Trinajstić information content (AvgIpc) is 2.59. The van der Waals surface area contributed by atoms with E-state index in [4.69, 9.17) is 0 Å². The van der Waals surface area contributed by atoms with E-state index >= 15 is 0 Å². The van der Waals surface area contributed by atoms with E-state index in [0.717, 1.165) is 23.3 Å². The SMILES string of the molecule is CC(C)c1cccc(C(C)C)c1N=Cc1c(O)cc([N+](=O)[O-])cc1[N+](=O)[O-]. The number of phenols is 1. The van der Waals surface area contributed by atoms with Crippen LogP contribution in [-0.4, -0.2) is 21.2 Å². The van der Waals surface area contributed by atoms with Gasteiger partial charge in [0.1, 0.15) is 11.3 Å². The molecule has 0 aromatic heterocycles. The molecule has 8 nitrogen and oxygen atoms in total. The third-order valence-corrected chi connectivity index (χ3v) is 4.19. The summed E-state index contributed by atoms with van der Waals surface area (Å²) < 4.78 is 0. The molecule has 2 aromatic carbocycles. The number of aliphatic imine (C=N–C) groups is 1. The van der Waals surface area contributed by atoms with Crippen LogP contribution in [0.4, 0.5) is 17.1 Å². The maximum Gasteiger partial charge on any atom is 0.288 e. The van der Waals surface area contributed by atoms with E-state index in [1.807, 2.05) is 45.9 Å². The Morgan fingerprint density at radius 2 is 1.56 bits per heavy atom. The van der Waals surface area contributed by atoms with Gasteiger partial charge in [0.25, 0.3) is 11.4 Å². The molecule has 0 amide bonds. The number of phenolic OH excluding ortho intramolecular Hbond substituents is 1. The van der Waals surface area contributed by atoms with E-state index in [1.54, 1.807) is 0 Å². The molecule has 0 atom stereocenters. The molecule has 0 fully saturated rings. The van der Waals surface area contributed by atoms with E-state index in [2.05, 4.69) is 4.99 Å². The van der Waals surface area contributed by atoms with Gasteiger partial charge in [0, 0.05) is 6.21 Å². The topological polar surface area (TPSA) is 119 Å². The Morgan fingerprint density at radius 1 is 1.00 bits per heavy atom. The molecule has 0 aliphatic carbocycles. The van der Waals surface area contributed by atoms with Crippen molar-refractivity contribution in [3.05, 3.63) is 67.3 Å². The Bertz CT molecular complexity index is 894. The van der Waals surface area contributed by atoms with E-state index < -0.39 is 27.0 Å². The molecule has 8 heteroatoms. The molecule has 0 spiro atoms. The van der Waals surface area contributed by atoms with Crippen molar-refractivity contribution in [3.8, 4) is 5.75 Å². The summed E-state index contributed by atoms with van der Waals surface area (Å²) >= 11 is 0. The number of para-hydroxylation sites is 1. The quantitative estimate of drug-likeness (QED) is 0.425. The zero-order valence-corrected chi connectivity index (χ0v) is 15.5. The molecule has 0 radical (unpaired) electrons. The average molecular weight is 371 g/mol. The zero-order valence-electron chi connectivity index (χ0n) is 15.5. The molecular formula is C19H21N3O5. The van der Waals surface area contributed by atoms with Crippen molar-refractivity contribution in [3.63, 3.8) is 0 Å².